The zero-order valence-electron chi connectivity index (χ0n) is 20.0. The average molecular weight is 436 g/mol. The summed E-state index contributed by atoms with van der Waals surface area (Å²) in [7, 11) is 0. The predicted octanol–water partition coefficient (Wildman–Crippen LogP) is 2.47. The van der Waals surface area contributed by atoms with Crippen molar-refractivity contribution in [2.24, 2.45) is 16.3 Å². The van der Waals surface area contributed by atoms with Gasteiger partial charge in [0.1, 0.15) is 0 Å². The summed E-state index contributed by atoms with van der Waals surface area (Å²) >= 11 is 0. The summed E-state index contributed by atoms with van der Waals surface area (Å²) in [5, 5.41) is 6.94. The van der Waals surface area contributed by atoms with Gasteiger partial charge < -0.3 is 20.3 Å². The first-order chi connectivity index (χ1) is 15.2. The van der Waals surface area contributed by atoms with Gasteiger partial charge in [-0.25, -0.2) is 0 Å². The summed E-state index contributed by atoms with van der Waals surface area (Å²) in [6, 6.07) is 0. The van der Waals surface area contributed by atoms with E-state index in [2.05, 4.69) is 34.3 Å². The van der Waals surface area contributed by atoms with Crippen molar-refractivity contribution in [1.82, 2.24) is 20.4 Å². The first-order valence-corrected chi connectivity index (χ1v) is 12.8. The Bertz CT molecular complexity index is 564. The monoisotopic (exact) mass is 435 g/mol. The second-order valence-electron chi connectivity index (χ2n) is 9.57. The molecule has 1 aliphatic heterocycles. The van der Waals surface area contributed by atoms with Crippen molar-refractivity contribution >= 4 is 11.9 Å². The molecule has 0 unspecified atom stereocenters. The fourth-order valence-electron chi connectivity index (χ4n) is 5.07. The van der Waals surface area contributed by atoms with Crippen LogP contribution in [-0.4, -0.2) is 87.2 Å². The lowest BCUT2D eigenvalue weighted by Gasteiger charge is -2.38. The van der Waals surface area contributed by atoms with Crippen molar-refractivity contribution < 1.29 is 9.53 Å². The molecule has 3 aliphatic rings. The number of rotatable bonds is 11. The molecule has 0 aromatic heterocycles. The third-order valence-corrected chi connectivity index (χ3v) is 7.42. The van der Waals surface area contributed by atoms with Crippen molar-refractivity contribution in [3.8, 4) is 0 Å². The van der Waals surface area contributed by atoms with Crippen LogP contribution in [0.3, 0.4) is 0 Å². The highest BCUT2D eigenvalue weighted by Gasteiger charge is 2.33. The highest BCUT2D eigenvalue weighted by molar-refractivity contribution is 5.80. The second-order valence-corrected chi connectivity index (χ2v) is 9.57. The number of hydrogen-bond donors (Lipinski definition) is 2. The minimum atomic E-state index is 0.320. The van der Waals surface area contributed by atoms with Gasteiger partial charge in [0.2, 0.25) is 5.91 Å². The van der Waals surface area contributed by atoms with E-state index >= 15 is 0 Å². The molecule has 0 radical (unpaired) electrons. The lowest BCUT2D eigenvalue weighted by molar-refractivity contribution is -0.139. The smallest absolute Gasteiger partial charge is 0.225 e. The summed E-state index contributed by atoms with van der Waals surface area (Å²) in [4.78, 5) is 21.9. The van der Waals surface area contributed by atoms with Gasteiger partial charge in [-0.05, 0) is 51.4 Å². The maximum Gasteiger partial charge on any atom is 0.225 e. The van der Waals surface area contributed by atoms with Crippen molar-refractivity contribution in [2.75, 3.05) is 65.6 Å². The summed E-state index contributed by atoms with van der Waals surface area (Å²) in [6.07, 6.45) is 9.73. The Balaban J connectivity index is 1.39. The molecule has 0 aromatic carbocycles. The molecule has 1 amide bonds. The Morgan fingerprint density at radius 2 is 1.81 bits per heavy atom. The molecule has 1 saturated heterocycles. The van der Waals surface area contributed by atoms with Crippen LogP contribution in [0, 0.1) is 11.3 Å². The van der Waals surface area contributed by atoms with Crippen molar-refractivity contribution in [1.29, 1.82) is 0 Å². The normalized spacial score (nSPS) is 22.4. The van der Waals surface area contributed by atoms with Crippen LogP contribution in [0.2, 0.25) is 0 Å². The molecule has 2 N–H and O–H groups in total. The zero-order valence-corrected chi connectivity index (χ0v) is 20.0. The van der Waals surface area contributed by atoms with Crippen LogP contribution in [-0.2, 0) is 9.53 Å². The number of nitrogens with zero attached hydrogens (tertiary/aromatic N) is 3. The molecule has 178 valence electrons. The van der Waals surface area contributed by atoms with Gasteiger partial charge in [0.25, 0.3) is 0 Å². The summed E-state index contributed by atoms with van der Waals surface area (Å²) in [6.45, 7) is 13.2. The fraction of sp³-hybridized carbons (Fsp3) is 0.917. The average Bonchev–Trinajstić information content (AvgIpc) is 3.20. The summed E-state index contributed by atoms with van der Waals surface area (Å²) < 4.78 is 5.64. The topological polar surface area (TPSA) is 69.2 Å². The van der Waals surface area contributed by atoms with E-state index in [-0.39, 0.29) is 0 Å². The molecule has 7 nitrogen and oxygen atoms in total. The third kappa shape index (κ3) is 7.35. The van der Waals surface area contributed by atoms with E-state index in [0.717, 1.165) is 90.8 Å². The summed E-state index contributed by atoms with van der Waals surface area (Å²) in [5.41, 5.74) is 0.320. The van der Waals surface area contributed by atoms with Gasteiger partial charge >= 0.3 is 0 Å². The number of guanidine groups is 1. The number of carbonyl (C=O) groups is 1. The lowest BCUT2D eigenvalue weighted by atomic mass is 9.83. The molecule has 2 aliphatic carbocycles. The third-order valence-electron chi connectivity index (χ3n) is 7.42. The number of amides is 1. The van der Waals surface area contributed by atoms with E-state index in [4.69, 9.17) is 9.73 Å². The Hall–Kier alpha value is -1.34. The summed E-state index contributed by atoms with van der Waals surface area (Å²) in [5.74, 6) is 1.66. The minimum Gasteiger partial charge on any atom is -0.382 e. The molecule has 7 heteroatoms. The van der Waals surface area contributed by atoms with Crippen LogP contribution in [0.25, 0.3) is 0 Å². The maximum atomic E-state index is 12.4. The van der Waals surface area contributed by atoms with Crippen LogP contribution in [0.15, 0.2) is 4.99 Å². The van der Waals surface area contributed by atoms with Gasteiger partial charge in [0.15, 0.2) is 5.96 Å². The van der Waals surface area contributed by atoms with Crippen molar-refractivity contribution in [3.05, 3.63) is 0 Å². The molecule has 2 saturated carbocycles. The molecule has 0 aromatic rings. The Kier molecular flexibility index (Phi) is 9.91. The number of nitrogens with one attached hydrogen (secondary N) is 2. The number of piperazine rings is 1. The molecule has 1 heterocycles. The van der Waals surface area contributed by atoms with Gasteiger partial charge in [-0.2, -0.15) is 0 Å². The number of carbonyl (C=O) groups excluding carboxylic acids is 1. The van der Waals surface area contributed by atoms with Gasteiger partial charge in [-0.3, -0.25) is 14.7 Å². The number of ether oxygens (including phenoxy) is 1. The van der Waals surface area contributed by atoms with E-state index in [0.29, 0.717) is 17.2 Å². The number of hydrogen-bond acceptors (Lipinski definition) is 4. The van der Waals surface area contributed by atoms with Crippen LogP contribution in [0.5, 0.6) is 0 Å². The Labute approximate surface area is 189 Å². The molecule has 0 atom stereocenters. The SMILES string of the molecule is CCNC(=NCC1(CCOCC)CCCC1)NCCN1CCN(C(=O)C2CCC2)CC1. The quantitative estimate of drug-likeness (QED) is 0.296. The Morgan fingerprint density at radius 3 is 2.42 bits per heavy atom. The lowest BCUT2D eigenvalue weighted by Crippen LogP contribution is -2.52. The maximum absolute atomic E-state index is 12.4. The number of aliphatic imine (C=N–C) groups is 1. The standard InChI is InChI=1S/C24H45N5O2/c1-3-25-23(27-20-24(10-5-6-11-24)12-19-31-4-2)26-13-14-28-15-17-29(18-16-28)22(30)21-8-7-9-21/h21H,3-20H2,1-2H3,(H2,25,26,27). The van der Waals surface area contributed by atoms with Crippen LogP contribution < -0.4 is 10.6 Å². The molecule has 0 bridgehead atoms. The van der Waals surface area contributed by atoms with E-state index in [1.54, 1.807) is 0 Å². The van der Waals surface area contributed by atoms with E-state index < -0.39 is 0 Å². The fourth-order valence-corrected chi connectivity index (χ4v) is 5.07. The second kappa shape index (κ2) is 12.6. The van der Waals surface area contributed by atoms with Crippen molar-refractivity contribution in [3.63, 3.8) is 0 Å². The van der Waals surface area contributed by atoms with Gasteiger partial charge in [-0.15, -0.1) is 0 Å². The van der Waals surface area contributed by atoms with E-state index in [1.807, 2.05) is 0 Å². The predicted molar refractivity (Wildman–Crippen MR) is 126 cm³/mol. The highest BCUT2D eigenvalue weighted by Crippen LogP contribution is 2.41. The molecular formula is C24H45N5O2. The Morgan fingerprint density at radius 1 is 1.06 bits per heavy atom. The largest absolute Gasteiger partial charge is 0.382 e. The first kappa shape index (κ1) is 24.3. The van der Waals surface area contributed by atoms with Crippen LogP contribution in [0.1, 0.15) is 65.2 Å². The van der Waals surface area contributed by atoms with Gasteiger partial charge in [-0.1, -0.05) is 19.3 Å². The molecule has 3 fully saturated rings. The van der Waals surface area contributed by atoms with Gasteiger partial charge in [0.05, 0.1) is 0 Å². The highest BCUT2D eigenvalue weighted by atomic mass is 16.5. The molecule has 31 heavy (non-hydrogen) atoms. The van der Waals surface area contributed by atoms with E-state index in [9.17, 15) is 4.79 Å². The van der Waals surface area contributed by atoms with Crippen LogP contribution in [0.4, 0.5) is 0 Å². The van der Waals surface area contributed by atoms with Gasteiger partial charge in [0, 0.05) is 71.5 Å². The molecular weight excluding hydrogens is 390 g/mol. The zero-order chi connectivity index (χ0) is 21.9. The molecule has 0 spiro atoms. The van der Waals surface area contributed by atoms with E-state index in [1.165, 1.54) is 32.1 Å². The van der Waals surface area contributed by atoms with Crippen LogP contribution >= 0.6 is 0 Å². The van der Waals surface area contributed by atoms with Crippen molar-refractivity contribution in [2.45, 2.75) is 65.2 Å². The molecule has 3 rings (SSSR count). The minimum absolute atomic E-state index is 0.320. The first-order valence-electron chi connectivity index (χ1n) is 12.8.